The average molecular weight is 168 g/mol. The molecule has 0 fully saturated rings. The third-order valence-corrected chi connectivity index (χ3v) is 2.02. The molecule has 0 N–H and O–H groups in total. The minimum Gasteiger partial charge on any atom is -0.496 e. The topological polar surface area (TPSA) is 9.23 Å². The summed E-state index contributed by atoms with van der Waals surface area (Å²) in [5.74, 6) is 0.854. The Morgan fingerprint density at radius 2 is 2.18 bits per heavy atom. The van der Waals surface area contributed by atoms with Crippen LogP contribution in [0.1, 0.15) is 12.5 Å². The van der Waals surface area contributed by atoms with Crippen molar-refractivity contribution < 1.29 is 4.74 Å². The van der Waals surface area contributed by atoms with Crippen LogP contribution >= 0.6 is 12.6 Å². The molecule has 0 saturated carbocycles. The molecule has 1 aromatic carbocycles. The van der Waals surface area contributed by atoms with E-state index in [0.29, 0.717) is 0 Å². The van der Waals surface area contributed by atoms with Gasteiger partial charge in [0.15, 0.2) is 0 Å². The molecular weight excluding hydrogens is 156 g/mol. The highest BCUT2D eigenvalue weighted by Crippen LogP contribution is 2.23. The Labute approximate surface area is 72.8 Å². The molecule has 0 saturated heterocycles. The molecule has 0 spiro atoms. The van der Waals surface area contributed by atoms with Crippen molar-refractivity contribution in [3.8, 4) is 5.75 Å². The van der Waals surface area contributed by atoms with Crippen LogP contribution in [0.3, 0.4) is 0 Å². The molecule has 0 unspecified atom stereocenters. The third-order valence-electron chi connectivity index (χ3n) is 1.65. The first-order chi connectivity index (χ1) is 5.27. The summed E-state index contributed by atoms with van der Waals surface area (Å²) in [4.78, 5) is 0.893. The Morgan fingerprint density at radius 1 is 1.45 bits per heavy atom. The average Bonchev–Trinajstić information content (AvgIpc) is 2.05. The van der Waals surface area contributed by atoms with Crippen LogP contribution in [0.5, 0.6) is 5.75 Å². The molecular formula is C9H12OS. The van der Waals surface area contributed by atoms with Crippen LogP contribution in [-0.4, -0.2) is 7.11 Å². The van der Waals surface area contributed by atoms with E-state index in [9.17, 15) is 0 Å². The number of benzene rings is 1. The largest absolute Gasteiger partial charge is 0.496 e. The van der Waals surface area contributed by atoms with Gasteiger partial charge in [-0.15, -0.1) is 12.6 Å². The van der Waals surface area contributed by atoms with Gasteiger partial charge in [-0.25, -0.2) is 0 Å². The van der Waals surface area contributed by atoms with Crippen molar-refractivity contribution in [2.45, 2.75) is 18.2 Å². The summed E-state index contributed by atoms with van der Waals surface area (Å²) in [5, 5.41) is 0. The maximum atomic E-state index is 5.11. The molecule has 0 radical (unpaired) electrons. The summed E-state index contributed by atoms with van der Waals surface area (Å²) < 4.78 is 5.11. The minimum absolute atomic E-state index is 0.854. The molecule has 0 heterocycles. The number of rotatable bonds is 2. The lowest BCUT2D eigenvalue weighted by Gasteiger charge is -2.04. The summed E-state index contributed by atoms with van der Waals surface area (Å²) in [7, 11) is 1.66. The maximum absolute atomic E-state index is 5.11. The van der Waals surface area contributed by atoms with Crippen molar-refractivity contribution in [3.63, 3.8) is 0 Å². The van der Waals surface area contributed by atoms with E-state index < -0.39 is 0 Å². The Kier molecular flexibility index (Phi) is 2.83. The van der Waals surface area contributed by atoms with Gasteiger partial charge < -0.3 is 4.74 Å². The molecule has 60 valence electrons. The van der Waals surface area contributed by atoms with E-state index in [-0.39, 0.29) is 0 Å². The van der Waals surface area contributed by atoms with Crippen molar-refractivity contribution in [2.24, 2.45) is 0 Å². The molecule has 0 aliphatic rings. The molecule has 2 heteroatoms. The van der Waals surface area contributed by atoms with Gasteiger partial charge in [0.05, 0.1) is 7.11 Å². The highest BCUT2D eigenvalue weighted by molar-refractivity contribution is 7.80. The Balaban J connectivity index is 3.02. The summed E-state index contributed by atoms with van der Waals surface area (Å²) in [6, 6.07) is 6.04. The summed E-state index contributed by atoms with van der Waals surface area (Å²) in [6.07, 6.45) is 1.03. The fourth-order valence-corrected chi connectivity index (χ4v) is 1.17. The van der Waals surface area contributed by atoms with E-state index >= 15 is 0 Å². The second-order valence-corrected chi connectivity index (χ2v) is 2.84. The van der Waals surface area contributed by atoms with Gasteiger partial charge in [-0.2, -0.15) is 0 Å². The predicted octanol–water partition coefficient (Wildman–Crippen LogP) is 2.55. The lowest BCUT2D eigenvalue weighted by atomic mass is 10.2. The second-order valence-electron chi connectivity index (χ2n) is 2.36. The van der Waals surface area contributed by atoms with Gasteiger partial charge in [-0.3, -0.25) is 0 Å². The normalized spacial score (nSPS) is 9.73. The van der Waals surface area contributed by atoms with Crippen molar-refractivity contribution in [1.29, 1.82) is 0 Å². The molecule has 0 aromatic heterocycles. The molecule has 11 heavy (non-hydrogen) atoms. The van der Waals surface area contributed by atoms with Gasteiger partial charge in [0, 0.05) is 4.90 Å². The van der Waals surface area contributed by atoms with E-state index in [1.54, 1.807) is 7.11 Å². The van der Waals surface area contributed by atoms with Gasteiger partial charge >= 0.3 is 0 Å². The van der Waals surface area contributed by atoms with Crippen LogP contribution in [0.2, 0.25) is 0 Å². The number of ether oxygens (including phenoxy) is 1. The first-order valence-electron chi connectivity index (χ1n) is 3.63. The lowest BCUT2D eigenvalue weighted by Crippen LogP contribution is -1.87. The molecule has 0 bridgehead atoms. The predicted molar refractivity (Wildman–Crippen MR) is 49.6 cm³/mol. The number of hydrogen-bond donors (Lipinski definition) is 1. The summed E-state index contributed by atoms with van der Waals surface area (Å²) in [6.45, 7) is 2.12. The molecule has 0 amide bonds. The smallest absolute Gasteiger partial charge is 0.132 e. The van der Waals surface area contributed by atoms with Crippen molar-refractivity contribution in [3.05, 3.63) is 23.8 Å². The molecule has 0 aliphatic carbocycles. The number of methoxy groups -OCH3 is 1. The molecule has 1 rings (SSSR count). The van der Waals surface area contributed by atoms with E-state index in [0.717, 1.165) is 17.1 Å². The fourth-order valence-electron chi connectivity index (χ4n) is 0.942. The zero-order valence-electron chi connectivity index (χ0n) is 6.79. The fraction of sp³-hybridized carbons (Fsp3) is 0.333. The monoisotopic (exact) mass is 168 g/mol. The van der Waals surface area contributed by atoms with Crippen LogP contribution in [0.15, 0.2) is 23.1 Å². The van der Waals surface area contributed by atoms with Crippen LogP contribution in [-0.2, 0) is 6.42 Å². The van der Waals surface area contributed by atoms with Gasteiger partial charge in [0.25, 0.3) is 0 Å². The van der Waals surface area contributed by atoms with E-state index in [1.807, 2.05) is 12.1 Å². The SMILES string of the molecule is CCc1ccc(S)c(OC)c1. The Hall–Kier alpha value is -0.630. The number of aryl methyl sites for hydroxylation is 1. The third kappa shape index (κ3) is 1.90. The Bertz CT molecular complexity index is 245. The summed E-state index contributed by atoms with van der Waals surface area (Å²) in [5.41, 5.74) is 1.28. The first kappa shape index (κ1) is 8.47. The van der Waals surface area contributed by atoms with E-state index in [2.05, 4.69) is 25.6 Å². The van der Waals surface area contributed by atoms with Gasteiger partial charge in [-0.05, 0) is 24.1 Å². The second kappa shape index (κ2) is 3.67. The first-order valence-corrected chi connectivity index (χ1v) is 4.08. The van der Waals surface area contributed by atoms with Crippen molar-refractivity contribution in [2.75, 3.05) is 7.11 Å². The number of hydrogen-bond acceptors (Lipinski definition) is 2. The lowest BCUT2D eigenvalue weighted by molar-refractivity contribution is 0.404. The standard InChI is InChI=1S/C9H12OS/c1-3-7-4-5-9(11)8(6-7)10-2/h4-6,11H,3H2,1-2H3. The zero-order chi connectivity index (χ0) is 8.27. The summed E-state index contributed by atoms with van der Waals surface area (Å²) >= 11 is 4.24. The van der Waals surface area contributed by atoms with Crippen molar-refractivity contribution >= 4 is 12.6 Å². The highest BCUT2D eigenvalue weighted by Gasteiger charge is 1.98. The number of thiol groups is 1. The van der Waals surface area contributed by atoms with Gasteiger partial charge in [0.1, 0.15) is 5.75 Å². The van der Waals surface area contributed by atoms with E-state index in [4.69, 9.17) is 4.74 Å². The van der Waals surface area contributed by atoms with Gasteiger partial charge in [0.2, 0.25) is 0 Å². The maximum Gasteiger partial charge on any atom is 0.132 e. The van der Waals surface area contributed by atoms with Crippen LogP contribution < -0.4 is 4.74 Å². The van der Waals surface area contributed by atoms with Crippen molar-refractivity contribution in [1.82, 2.24) is 0 Å². The van der Waals surface area contributed by atoms with Crippen LogP contribution in [0, 0.1) is 0 Å². The van der Waals surface area contributed by atoms with Crippen LogP contribution in [0.4, 0.5) is 0 Å². The molecule has 0 atom stereocenters. The molecule has 1 nitrogen and oxygen atoms in total. The molecule has 0 aliphatic heterocycles. The molecule has 1 aromatic rings. The highest BCUT2D eigenvalue weighted by atomic mass is 32.1. The Morgan fingerprint density at radius 3 is 2.73 bits per heavy atom. The van der Waals surface area contributed by atoms with E-state index in [1.165, 1.54) is 5.56 Å². The quantitative estimate of drug-likeness (QED) is 0.668. The zero-order valence-corrected chi connectivity index (χ0v) is 7.69. The minimum atomic E-state index is 0.854. The van der Waals surface area contributed by atoms with Gasteiger partial charge in [-0.1, -0.05) is 13.0 Å². The van der Waals surface area contributed by atoms with Crippen LogP contribution in [0.25, 0.3) is 0 Å².